The Morgan fingerprint density at radius 1 is 0.767 bits per heavy atom. The minimum atomic E-state index is -0.903. The van der Waals surface area contributed by atoms with Gasteiger partial charge in [-0.1, -0.05) is 26.0 Å². The zero-order valence-electron chi connectivity index (χ0n) is 27.6. The summed E-state index contributed by atoms with van der Waals surface area (Å²) in [7, 11) is 1.98. The highest BCUT2D eigenvalue weighted by Gasteiger charge is 2.36. The van der Waals surface area contributed by atoms with Gasteiger partial charge in [-0.3, -0.25) is 9.59 Å². The topological polar surface area (TPSA) is 131 Å². The van der Waals surface area contributed by atoms with Crippen LogP contribution in [0.1, 0.15) is 120 Å². The number of aliphatic hydroxyl groups is 3. The highest BCUT2D eigenvalue weighted by molar-refractivity contribution is 6.34. The smallest absolute Gasteiger partial charge is 0.196 e. The maximum Gasteiger partial charge on any atom is 0.196 e. The van der Waals surface area contributed by atoms with Crippen molar-refractivity contribution in [3.8, 4) is 0 Å². The molecule has 2 aliphatic rings. The molecule has 0 aliphatic heterocycles. The molecule has 43 heavy (non-hydrogen) atoms. The molecule has 2 aliphatic carbocycles. The summed E-state index contributed by atoms with van der Waals surface area (Å²) in [6, 6.07) is 4.29. The molecule has 6 N–H and O–H groups in total. The van der Waals surface area contributed by atoms with Crippen LogP contribution in [0.15, 0.2) is 35.4 Å². The van der Waals surface area contributed by atoms with E-state index in [1.165, 1.54) is 0 Å². The molecule has 0 saturated heterocycles. The molecule has 0 spiro atoms. The van der Waals surface area contributed by atoms with Gasteiger partial charge in [0, 0.05) is 41.7 Å². The van der Waals surface area contributed by atoms with Crippen molar-refractivity contribution in [1.82, 2.24) is 5.32 Å². The van der Waals surface area contributed by atoms with Crippen LogP contribution in [0.2, 0.25) is 0 Å². The first-order valence-corrected chi connectivity index (χ1v) is 16.1. The second kappa shape index (κ2) is 17.1. The lowest BCUT2D eigenvalue weighted by Crippen LogP contribution is -2.28. The number of hydrogen-bond acceptors (Lipinski definition) is 8. The summed E-state index contributed by atoms with van der Waals surface area (Å²) in [5.74, 6) is 0.542. The van der Waals surface area contributed by atoms with Crippen LogP contribution in [0.3, 0.4) is 0 Å². The fraction of sp³-hybridized carbons (Fsp3) is 0.657. The third kappa shape index (κ3) is 12.2. The lowest BCUT2D eigenvalue weighted by atomic mass is 9.78. The lowest BCUT2D eigenvalue weighted by molar-refractivity contribution is 0.0183. The molecule has 0 aromatic heterocycles. The SMILES string of the molecule is CC(C)(O)CO.CNC(CCCNc1ccc(NCCCC(C)C)c2c1C(=O)C1=CCCC=C1C2=O)CCCC(C)(C)O. The average molecular weight is 600 g/mol. The number of aliphatic hydroxyl groups excluding tert-OH is 1. The van der Waals surface area contributed by atoms with E-state index in [9.17, 15) is 14.7 Å². The van der Waals surface area contributed by atoms with E-state index in [0.717, 1.165) is 82.3 Å². The Kier molecular flexibility index (Phi) is 14.6. The van der Waals surface area contributed by atoms with E-state index in [1.54, 1.807) is 13.8 Å². The molecule has 1 atom stereocenters. The van der Waals surface area contributed by atoms with Crippen LogP contribution >= 0.6 is 0 Å². The first-order valence-electron chi connectivity index (χ1n) is 16.1. The number of fused-ring (bicyclic) bond motifs is 2. The second-order valence-electron chi connectivity index (χ2n) is 13.6. The van der Waals surface area contributed by atoms with Gasteiger partial charge in [0.05, 0.1) is 28.9 Å². The summed E-state index contributed by atoms with van der Waals surface area (Å²) in [5.41, 5.74) is 2.13. The van der Waals surface area contributed by atoms with Gasteiger partial charge in [0.25, 0.3) is 0 Å². The van der Waals surface area contributed by atoms with E-state index in [4.69, 9.17) is 10.2 Å². The number of anilines is 2. The molecule has 1 aromatic carbocycles. The number of allylic oxidation sites excluding steroid dienone is 4. The van der Waals surface area contributed by atoms with Gasteiger partial charge in [-0.25, -0.2) is 0 Å². The third-order valence-electron chi connectivity index (χ3n) is 7.76. The molecular weight excluding hydrogens is 542 g/mol. The van der Waals surface area contributed by atoms with E-state index in [1.807, 2.05) is 45.2 Å². The van der Waals surface area contributed by atoms with Crippen molar-refractivity contribution in [3.05, 3.63) is 46.6 Å². The van der Waals surface area contributed by atoms with E-state index in [2.05, 4.69) is 29.8 Å². The predicted molar refractivity (Wildman–Crippen MR) is 177 cm³/mol. The number of carbonyl (C=O) groups is 2. The van der Waals surface area contributed by atoms with Crippen molar-refractivity contribution in [2.75, 3.05) is 37.4 Å². The zero-order valence-corrected chi connectivity index (χ0v) is 27.6. The molecule has 8 heteroatoms. The van der Waals surface area contributed by atoms with E-state index >= 15 is 0 Å². The van der Waals surface area contributed by atoms with Gasteiger partial charge in [-0.05, 0) is 111 Å². The maximum absolute atomic E-state index is 13.6. The number of nitrogens with one attached hydrogen (secondary N) is 3. The first kappa shape index (κ1) is 36.7. The van der Waals surface area contributed by atoms with Gasteiger partial charge < -0.3 is 31.3 Å². The summed E-state index contributed by atoms with van der Waals surface area (Å²) in [6.07, 6.45) is 12.3. The minimum Gasteiger partial charge on any atom is -0.393 e. The fourth-order valence-electron chi connectivity index (χ4n) is 5.26. The number of benzene rings is 1. The largest absolute Gasteiger partial charge is 0.393 e. The predicted octanol–water partition coefficient (Wildman–Crippen LogP) is 6.03. The molecule has 242 valence electrons. The quantitative estimate of drug-likeness (QED) is 0.127. The Labute approximate surface area is 259 Å². The minimum absolute atomic E-state index is 0.0439. The zero-order chi connectivity index (χ0) is 32.2. The molecule has 0 fully saturated rings. The van der Waals surface area contributed by atoms with Crippen LogP contribution in [0.4, 0.5) is 11.4 Å². The highest BCUT2D eigenvalue weighted by atomic mass is 16.3. The van der Waals surface area contributed by atoms with Gasteiger partial charge in [0.2, 0.25) is 0 Å². The van der Waals surface area contributed by atoms with Crippen LogP contribution in [-0.2, 0) is 0 Å². The van der Waals surface area contributed by atoms with Gasteiger partial charge in [0.1, 0.15) is 0 Å². The van der Waals surface area contributed by atoms with E-state index < -0.39 is 11.2 Å². The number of ketones is 2. The standard InChI is InChI=1S/C31H47N3O3.C4H10O2/c1-21(2)11-9-19-33-25-16-17-26(34-20-10-13-22(32-5)12-8-18-31(3,4)37)28-27(25)29(35)23-14-6-7-15-24(23)30(28)36;1-4(2,6)3-5/h14-17,21-22,32-34,37H,6-13,18-20H2,1-5H3;5-6H,3H2,1-2H3. The third-order valence-corrected chi connectivity index (χ3v) is 7.76. The molecule has 0 radical (unpaired) electrons. The molecule has 8 nitrogen and oxygen atoms in total. The van der Waals surface area contributed by atoms with Crippen molar-refractivity contribution in [2.24, 2.45) is 5.92 Å². The van der Waals surface area contributed by atoms with Crippen molar-refractivity contribution in [1.29, 1.82) is 0 Å². The molecule has 0 amide bonds. The Morgan fingerprint density at radius 3 is 1.60 bits per heavy atom. The first-order chi connectivity index (χ1) is 20.2. The Hall–Kier alpha value is -2.52. The van der Waals surface area contributed by atoms with Crippen molar-refractivity contribution < 1.29 is 24.9 Å². The Balaban J connectivity index is 0.000000973. The summed E-state index contributed by atoms with van der Waals surface area (Å²) < 4.78 is 0. The van der Waals surface area contributed by atoms with E-state index in [0.29, 0.717) is 34.2 Å². The van der Waals surface area contributed by atoms with Crippen LogP contribution in [0.5, 0.6) is 0 Å². The number of rotatable bonds is 16. The van der Waals surface area contributed by atoms with Crippen LogP contribution < -0.4 is 16.0 Å². The van der Waals surface area contributed by atoms with Crippen molar-refractivity contribution >= 4 is 22.9 Å². The molecule has 0 bridgehead atoms. The monoisotopic (exact) mass is 599 g/mol. The summed E-state index contributed by atoms with van der Waals surface area (Å²) in [6.45, 7) is 12.6. The molecule has 3 rings (SSSR count). The highest BCUT2D eigenvalue weighted by Crippen LogP contribution is 2.39. The second-order valence-corrected chi connectivity index (χ2v) is 13.6. The van der Waals surface area contributed by atoms with E-state index in [-0.39, 0.29) is 18.2 Å². The lowest BCUT2D eigenvalue weighted by Gasteiger charge is -2.27. The molecule has 1 unspecified atom stereocenters. The normalized spacial score (nSPS) is 15.6. The van der Waals surface area contributed by atoms with Crippen LogP contribution in [-0.4, -0.2) is 70.9 Å². The molecule has 0 saturated carbocycles. The van der Waals surface area contributed by atoms with Crippen molar-refractivity contribution in [3.63, 3.8) is 0 Å². The number of Topliss-reactive ketones (excluding diaryl/α,β-unsaturated/α-hetero) is 2. The molecular formula is C35H57N3O5. The molecule has 0 heterocycles. The number of carbonyl (C=O) groups excluding carboxylic acids is 2. The maximum atomic E-state index is 13.6. The Morgan fingerprint density at radius 2 is 1.21 bits per heavy atom. The fourth-order valence-corrected chi connectivity index (χ4v) is 5.26. The molecule has 1 aromatic rings. The van der Waals surface area contributed by atoms with Gasteiger partial charge in [-0.15, -0.1) is 0 Å². The van der Waals surface area contributed by atoms with Crippen LogP contribution in [0.25, 0.3) is 0 Å². The summed E-state index contributed by atoms with van der Waals surface area (Å²) >= 11 is 0. The van der Waals surface area contributed by atoms with Crippen LogP contribution in [0, 0.1) is 5.92 Å². The summed E-state index contributed by atoms with van der Waals surface area (Å²) in [5, 5.41) is 37.0. The van der Waals surface area contributed by atoms with Gasteiger partial charge in [0.15, 0.2) is 11.6 Å². The number of hydrogen-bond donors (Lipinski definition) is 6. The van der Waals surface area contributed by atoms with Gasteiger partial charge in [-0.2, -0.15) is 0 Å². The average Bonchev–Trinajstić information content (AvgIpc) is 2.94. The van der Waals surface area contributed by atoms with Gasteiger partial charge >= 0.3 is 0 Å². The Bertz CT molecular complexity index is 1130. The van der Waals surface area contributed by atoms with Crippen molar-refractivity contribution in [2.45, 2.75) is 117 Å². The summed E-state index contributed by atoms with van der Waals surface area (Å²) in [4.78, 5) is 27.2.